The topological polar surface area (TPSA) is 80.7 Å². The van der Waals surface area contributed by atoms with Crippen molar-refractivity contribution in [1.29, 1.82) is 0 Å². The summed E-state index contributed by atoms with van der Waals surface area (Å²) in [6, 6.07) is 15.2. The third-order valence-corrected chi connectivity index (χ3v) is 6.70. The van der Waals surface area contributed by atoms with Crippen molar-refractivity contribution in [2.75, 3.05) is 6.61 Å². The van der Waals surface area contributed by atoms with E-state index in [-0.39, 0.29) is 18.6 Å². The number of nitrogens with one attached hydrogen (secondary N) is 1. The average Bonchev–Trinajstić information content (AvgIpc) is 3.47. The Morgan fingerprint density at radius 3 is 2.84 bits per heavy atom. The molecule has 2 aromatic carbocycles. The Bertz CT molecular complexity index is 1060. The second-order valence-corrected chi connectivity index (χ2v) is 9.13. The number of aliphatic hydroxyl groups is 1. The molecule has 2 unspecified atom stereocenters. The van der Waals surface area contributed by atoms with Crippen molar-refractivity contribution in [2.45, 2.75) is 45.3 Å². The van der Waals surface area contributed by atoms with Crippen LogP contribution < -0.4 is 5.32 Å². The lowest BCUT2D eigenvalue weighted by atomic mass is 10.1. The van der Waals surface area contributed by atoms with E-state index in [1.54, 1.807) is 0 Å². The largest absolute Gasteiger partial charge is 0.373 e. The fraction of sp³-hybridized carbons (Fsp3) is 0.333. The number of ether oxygens (including phenoxy) is 2. The fourth-order valence-electron chi connectivity index (χ4n) is 3.53. The molecular formula is C24H25ClN2O4S. The number of thiazole rings is 1. The Morgan fingerprint density at radius 1 is 1.31 bits per heavy atom. The molecule has 2 heterocycles. The molecule has 3 aromatic rings. The zero-order chi connectivity index (χ0) is 22.5. The summed E-state index contributed by atoms with van der Waals surface area (Å²) in [5.74, 6) is -0.157. The molecule has 2 atom stereocenters. The highest BCUT2D eigenvalue weighted by Gasteiger charge is 2.24. The summed E-state index contributed by atoms with van der Waals surface area (Å²) in [7, 11) is 0. The van der Waals surface area contributed by atoms with Gasteiger partial charge in [-0.2, -0.15) is 0 Å². The van der Waals surface area contributed by atoms with Gasteiger partial charge in [0, 0.05) is 23.7 Å². The number of benzene rings is 2. The van der Waals surface area contributed by atoms with Crippen molar-refractivity contribution in [3.8, 4) is 10.6 Å². The molecule has 0 spiro atoms. The Labute approximate surface area is 196 Å². The highest BCUT2D eigenvalue weighted by atomic mass is 35.5. The molecule has 8 heteroatoms. The summed E-state index contributed by atoms with van der Waals surface area (Å²) in [4.78, 5) is 17.9. The van der Waals surface area contributed by atoms with Crippen LogP contribution >= 0.6 is 22.9 Å². The number of nitrogens with zero attached hydrogens (tertiary/aromatic N) is 1. The molecule has 1 aliphatic heterocycles. The molecule has 2 N–H and O–H groups in total. The monoisotopic (exact) mass is 472 g/mol. The molecule has 32 heavy (non-hydrogen) atoms. The molecular weight excluding hydrogens is 448 g/mol. The van der Waals surface area contributed by atoms with Crippen molar-refractivity contribution in [3.63, 3.8) is 0 Å². The smallest absolute Gasteiger partial charge is 0.263 e. The van der Waals surface area contributed by atoms with Gasteiger partial charge in [0.25, 0.3) is 5.91 Å². The van der Waals surface area contributed by atoms with Crippen LogP contribution in [0.1, 0.15) is 39.3 Å². The second kappa shape index (κ2) is 10.6. The number of hydrogen-bond donors (Lipinski definition) is 2. The lowest BCUT2D eigenvalue weighted by Crippen LogP contribution is -2.27. The van der Waals surface area contributed by atoms with Gasteiger partial charge in [0.1, 0.15) is 16.0 Å². The Kier molecular flexibility index (Phi) is 7.55. The Morgan fingerprint density at radius 2 is 2.09 bits per heavy atom. The molecule has 1 amide bonds. The molecule has 168 valence electrons. The van der Waals surface area contributed by atoms with Gasteiger partial charge in [-0.1, -0.05) is 48.0 Å². The molecule has 6 nitrogen and oxygen atoms in total. The maximum atomic E-state index is 12.8. The van der Waals surface area contributed by atoms with E-state index in [1.807, 2.05) is 55.5 Å². The lowest BCUT2D eigenvalue weighted by molar-refractivity contribution is -0.171. The number of carbonyl (C=O) groups is 1. The first-order chi connectivity index (χ1) is 15.5. The minimum atomic E-state index is -0.926. The summed E-state index contributed by atoms with van der Waals surface area (Å²) in [5.41, 5.74) is 3.50. The summed E-state index contributed by atoms with van der Waals surface area (Å²) in [6.45, 7) is 3.17. The van der Waals surface area contributed by atoms with E-state index in [4.69, 9.17) is 21.1 Å². The van der Waals surface area contributed by atoms with Crippen LogP contribution in [-0.2, 0) is 22.6 Å². The van der Waals surface area contributed by atoms with Gasteiger partial charge in [-0.25, -0.2) is 4.98 Å². The molecule has 0 radical (unpaired) electrons. The molecule has 1 aromatic heterocycles. The first kappa shape index (κ1) is 22.9. The molecule has 1 saturated heterocycles. The second-order valence-electron chi connectivity index (χ2n) is 7.70. The molecule has 0 aliphatic carbocycles. The average molecular weight is 473 g/mol. The van der Waals surface area contributed by atoms with Crippen LogP contribution in [-0.4, -0.2) is 35.0 Å². The molecule has 0 saturated carbocycles. The lowest BCUT2D eigenvalue weighted by Gasteiger charge is -2.18. The van der Waals surface area contributed by atoms with Crippen LogP contribution in [0.3, 0.4) is 0 Å². The van der Waals surface area contributed by atoms with E-state index in [0.29, 0.717) is 28.7 Å². The van der Waals surface area contributed by atoms with E-state index in [1.165, 1.54) is 11.3 Å². The highest BCUT2D eigenvalue weighted by Crippen LogP contribution is 2.29. The quantitative estimate of drug-likeness (QED) is 0.464. The number of aromatic nitrogens is 1. The predicted octanol–water partition coefficient (Wildman–Crippen LogP) is 4.72. The van der Waals surface area contributed by atoms with Crippen molar-refractivity contribution in [1.82, 2.24) is 10.3 Å². The number of rotatable bonds is 8. The third-order valence-electron chi connectivity index (χ3n) is 5.24. The van der Waals surface area contributed by atoms with E-state index >= 15 is 0 Å². The maximum Gasteiger partial charge on any atom is 0.263 e. The van der Waals surface area contributed by atoms with Gasteiger partial charge in [-0.15, -0.1) is 11.3 Å². The first-order valence-corrected chi connectivity index (χ1v) is 11.7. The van der Waals surface area contributed by atoms with Gasteiger partial charge in [0.2, 0.25) is 0 Å². The summed E-state index contributed by atoms with van der Waals surface area (Å²) in [5, 5.41) is 14.5. The number of halogens is 1. The SMILES string of the molecule is Cc1nc(-c2ccc(Cl)cc2)sc1C(=O)NCc1cccc(COC(O)C2CCCO2)c1. The van der Waals surface area contributed by atoms with E-state index in [2.05, 4.69) is 10.3 Å². The zero-order valence-corrected chi connectivity index (χ0v) is 19.3. The molecule has 0 bridgehead atoms. The van der Waals surface area contributed by atoms with Gasteiger partial charge in [-0.05, 0) is 43.0 Å². The number of carbonyl (C=O) groups excluding carboxylic acids is 1. The van der Waals surface area contributed by atoms with Crippen molar-refractivity contribution in [2.24, 2.45) is 0 Å². The van der Waals surface area contributed by atoms with Gasteiger partial charge in [0.05, 0.1) is 12.3 Å². The molecule has 1 aliphatic rings. The van der Waals surface area contributed by atoms with Crippen LogP contribution in [0.15, 0.2) is 48.5 Å². The van der Waals surface area contributed by atoms with Crippen LogP contribution in [0.25, 0.3) is 10.6 Å². The van der Waals surface area contributed by atoms with Crippen molar-refractivity contribution < 1.29 is 19.4 Å². The number of aryl methyl sites for hydroxylation is 1. The Hall–Kier alpha value is -2.29. The normalized spacial score (nSPS) is 16.8. The minimum absolute atomic E-state index is 0.157. The first-order valence-electron chi connectivity index (χ1n) is 10.5. The Balaban J connectivity index is 1.34. The summed E-state index contributed by atoms with van der Waals surface area (Å²) >= 11 is 7.32. The maximum absolute atomic E-state index is 12.8. The van der Waals surface area contributed by atoms with Gasteiger partial charge < -0.3 is 19.9 Å². The van der Waals surface area contributed by atoms with Crippen LogP contribution in [0.2, 0.25) is 5.02 Å². The van der Waals surface area contributed by atoms with Crippen molar-refractivity contribution >= 4 is 28.8 Å². The minimum Gasteiger partial charge on any atom is -0.373 e. The summed E-state index contributed by atoms with van der Waals surface area (Å²) < 4.78 is 11.0. The fourth-order valence-corrected chi connectivity index (χ4v) is 4.65. The van der Waals surface area contributed by atoms with Gasteiger partial charge >= 0.3 is 0 Å². The van der Waals surface area contributed by atoms with E-state index in [0.717, 1.165) is 34.5 Å². The standard InChI is InChI=1S/C24H25ClN2O4S/c1-15-21(32-23(27-15)18-7-9-19(25)10-8-18)22(28)26-13-16-4-2-5-17(12-16)14-31-24(29)20-6-3-11-30-20/h2,4-5,7-10,12,20,24,29H,3,6,11,13-14H2,1H3,(H,26,28). The number of amides is 1. The van der Waals surface area contributed by atoms with E-state index in [9.17, 15) is 9.90 Å². The highest BCUT2D eigenvalue weighted by molar-refractivity contribution is 7.17. The van der Waals surface area contributed by atoms with Crippen LogP contribution in [0.5, 0.6) is 0 Å². The van der Waals surface area contributed by atoms with Crippen LogP contribution in [0.4, 0.5) is 0 Å². The molecule has 4 rings (SSSR count). The van der Waals surface area contributed by atoms with Crippen LogP contribution in [0, 0.1) is 6.92 Å². The number of aliphatic hydroxyl groups excluding tert-OH is 1. The van der Waals surface area contributed by atoms with Crippen molar-refractivity contribution in [3.05, 3.63) is 75.3 Å². The predicted molar refractivity (Wildman–Crippen MR) is 125 cm³/mol. The van der Waals surface area contributed by atoms with Gasteiger partial charge in [-0.3, -0.25) is 4.79 Å². The third kappa shape index (κ3) is 5.74. The summed E-state index contributed by atoms with van der Waals surface area (Å²) in [6.07, 6.45) is 0.577. The van der Waals surface area contributed by atoms with Gasteiger partial charge in [0.15, 0.2) is 6.29 Å². The zero-order valence-electron chi connectivity index (χ0n) is 17.7. The molecule has 1 fully saturated rings. The van der Waals surface area contributed by atoms with E-state index < -0.39 is 6.29 Å². The number of hydrogen-bond acceptors (Lipinski definition) is 6.